The zero-order valence-corrected chi connectivity index (χ0v) is 15.8. The summed E-state index contributed by atoms with van der Waals surface area (Å²) in [6.45, 7) is 5.91. The molecule has 3 heterocycles. The lowest BCUT2D eigenvalue weighted by atomic mass is 10.1. The van der Waals surface area contributed by atoms with Gasteiger partial charge in [0.2, 0.25) is 5.88 Å². The molecule has 144 valence electrons. The van der Waals surface area contributed by atoms with Crippen molar-refractivity contribution >= 4 is 17.0 Å². The van der Waals surface area contributed by atoms with E-state index in [1.807, 2.05) is 39.0 Å². The van der Waals surface area contributed by atoms with Crippen molar-refractivity contribution in [3.63, 3.8) is 0 Å². The number of benzene rings is 1. The van der Waals surface area contributed by atoms with Crippen molar-refractivity contribution in [1.82, 2.24) is 24.7 Å². The Labute approximate surface area is 161 Å². The first-order chi connectivity index (χ1) is 13.5. The average Bonchev–Trinajstić information content (AvgIpc) is 3.28. The van der Waals surface area contributed by atoms with Crippen LogP contribution in [0.2, 0.25) is 0 Å². The molecule has 0 aliphatic heterocycles. The Hall–Kier alpha value is -3.42. The molecular weight excluding hydrogens is 359 g/mol. The fourth-order valence-corrected chi connectivity index (χ4v) is 2.93. The summed E-state index contributed by atoms with van der Waals surface area (Å²) in [6.07, 6.45) is 1.73. The fourth-order valence-electron chi connectivity index (χ4n) is 2.93. The van der Waals surface area contributed by atoms with Gasteiger partial charge in [-0.2, -0.15) is 5.10 Å². The minimum Gasteiger partial charge on any atom is -0.475 e. The van der Waals surface area contributed by atoms with E-state index in [0.29, 0.717) is 23.2 Å². The van der Waals surface area contributed by atoms with Crippen LogP contribution in [0.1, 0.15) is 32.4 Å². The van der Waals surface area contributed by atoms with E-state index in [0.717, 1.165) is 11.1 Å². The summed E-state index contributed by atoms with van der Waals surface area (Å²) in [5, 5.41) is 10.5. The molecule has 0 aliphatic rings. The number of halogens is 1. The summed E-state index contributed by atoms with van der Waals surface area (Å²) in [4.78, 5) is 9.08. The smallest absolute Gasteiger partial charge is 0.211 e. The maximum absolute atomic E-state index is 13.1. The van der Waals surface area contributed by atoms with Gasteiger partial charge in [0.15, 0.2) is 11.5 Å². The molecule has 3 aromatic heterocycles. The van der Waals surface area contributed by atoms with E-state index in [-0.39, 0.29) is 18.0 Å². The highest BCUT2D eigenvalue weighted by atomic mass is 19.1. The maximum Gasteiger partial charge on any atom is 0.211 e. The number of aromatic amines is 1. The summed E-state index contributed by atoms with van der Waals surface area (Å²) >= 11 is 0. The molecule has 0 radical (unpaired) electrons. The van der Waals surface area contributed by atoms with E-state index < -0.39 is 0 Å². The molecule has 0 spiro atoms. The molecule has 0 fully saturated rings. The van der Waals surface area contributed by atoms with Crippen molar-refractivity contribution in [1.29, 1.82) is 0 Å². The summed E-state index contributed by atoms with van der Waals surface area (Å²) in [5.41, 5.74) is 2.41. The molecule has 1 atom stereocenters. The Morgan fingerprint density at radius 3 is 2.64 bits per heavy atom. The van der Waals surface area contributed by atoms with E-state index >= 15 is 0 Å². The second-order valence-corrected chi connectivity index (χ2v) is 6.83. The molecule has 4 aromatic rings. The van der Waals surface area contributed by atoms with Crippen molar-refractivity contribution < 1.29 is 9.13 Å². The summed E-state index contributed by atoms with van der Waals surface area (Å²) in [5.74, 6) is 1.68. The molecule has 1 aromatic carbocycles. The van der Waals surface area contributed by atoms with Crippen molar-refractivity contribution in [3.05, 3.63) is 60.2 Å². The van der Waals surface area contributed by atoms with Gasteiger partial charge >= 0.3 is 0 Å². The third-order valence-corrected chi connectivity index (χ3v) is 4.28. The zero-order chi connectivity index (χ0) is 19.7. The lowest BCUT2D eigenvalue weighted by molar-refractivity contribution is 0.232. The number of anilines is 1. The third kappa shape index (κ3) is 3.66. The van der Waals surface area contributed by atoms with Gasteiger partial charge < -0.3 is 10.1 Å². The van der Waals surface area contributed by atoms with Gasteiger partial charge in [-0.3, -0.25) is 4.57 Å². The second kappa shape index (κ2) is 7.30. The van der Waals surface area contributed by atoms with E-state index in [1.54, 1.807) is 23.0 Å². The van der Waals surface area contributed by atoms with Crippen molar-refractivity contribution in [2.45, 2.75) is 32.9 Å². The van der Waals surface area contributed by atoms with Gasteiger partial charge in [-0.05, 0) is 50.6 Å². The van der Waals surface area contributed by atoms with Crippen LogP contribution in [-0.4, -0.2) is 30.8 Å². The Morgan fingerprint density at radius 2 is 1.89 bits per heavy atom. The van der Waals surface area contributed by atoms with Crippen LogP contribution in [0.3, 0.4) is 0 Å². The molecule has 8 heteroatoms. The number of fused-ring (bicyclic) bond motifs is 1. The number of hydrogen-bond acceptors (Lipinski definition) is 5. The number of ether oxygens (including phenoxy) is 1. The van der Waals surface area contributed by atoms with Crippen LogP contribution in [0.25, 0.3) is 17.0 Å². The first-order valence-corrected chi connectivity index (χ1v) is 9.08. The van der Waals surface area contributed by atoms with Crippen LogP contribution in [0.5, 0.6) is 5.88 Å². The average molecular weight is 380 g/mol. The van der Waals surface area contributed by atoms with Crippen molar-refractivity contribution in [2.24, 2.45) is 0 Å². The molecule has 7 nitrogen and oxygen atoms in total. The van der Waals surface area contributed by atoms with Gasteiger partial charge in [-0.1, -0.05) is 12.1 Å². The van der Waals surface area contributed by atoms with Crippen LogP contribution in [-0.2, 0) is 0 Å². The minimum atomic E-state index is -0.251. The highest BCUT2D eigenvalue weighted by Gasteiger charge is 2.13. The molecule has 0 aliphatic carbocycles. The monoisotopic (exact) mass is 380 g/mol. The van der Waals surface area contributed by atoms with E-state index in [1.165, 1.54) is 12.1 Å². The van der Waals surface area contributed by atoms with Crippen LogP contribution < -0.4 is 10.1 Å². The molecular formula is C20H21FN6O. The lowest BCUT2D eigenvalue weighted by Crippen LogP contribution is -2.08. The standard InChI is InChI=1S/C20H21FN6O/c1-12(2)28-19-10-18(25-26-19)27-11-22-16-8-9-17(24-20(16)27)23-13(3)14-4-6-15(21)7-5-14/h4-13H,1-3H3,(H,23,24)(H,25,26)/t13-/m0/s1. The normalized spacial score (nSPS) is 12.5. The Balaban J connectivity index is 1.61. The van der Waals surface area contributed by atoms with E-state index in [9.17, 15) is 4.39 Å². The first-order valence-electron chi connectivity index (χ1n) is 9.08. The predicted octanol–water partition coefficient (Wildman–Crippen LogP) is 4.24. The third-order valence-electron chi connectivity index (χ3n) is 4.28. The lowest BCUT2D eigenvalue weighted by Gasteiger charge is -2.15. The molecule has 0 amide bonds. The van der Waals surface area contributed by atoms with Crippen LogP contribution in [0, 0.1) is 5.82 Å². The van der Waals surface area contributed by atoms with Gasteiger partial charge in [-0.25, -0.2) is 19.5 Å². The Kier molecular flexibility index (Phi) is 4.68. The highest BCUT2D eigenvalue weighted by molar-refractivity contribution is 5.75. The molecule has 2 N–H and O–H groups in total. The number of hydrogen-bond donors (Lipinski definition) is 2. The summed E-state index contributed by atoms with van der Waals surface area (Å²) in [7, 11) is 0. The number of rotatable bonds is 6. The molecule has 4 rings (SSSR count). The highest BCUT2D eigenvalue weighted by Crippen LogP contribution is 2.23. The SMILES string of the molecule is CC(C)Oc1cc(-n2cnc3ccc(N[C@@H](C)c4ccc(F)cc4)nc32)n[nH]1. The largest absolute Gasteiger partial charge is 0.475 e. The van der Waals surface area contributed by atoms with Gasteiger partial charge in [0.1, 0.15) is 23.5 Å². The quantitative estimate of drug-likeness (QED) is 0.523. The number of pyridine rings is 1. The van der Waals surface area contributed by atoms with E-state index in [2.05, 4.69) is 25.5 Å². The van der Waals surface area contributed by atoms with Crippen molar-refractivity contribution in [2.75, 3.05) is 5.32 Å². The molecule has 0 saturated carbocycles. The first kappa shape index (κ1) is 18.0. The van der Waals surface area contributed by atoms with E-state index in [4.69, 9.17) is 4.74 Å². The number of nitrogens with one attached hydrogen (secondary N) is 2. The number of imidazole rings is 1. The van der Waals surface area contributed by atoms with Gasteiger partial charge in [0.05, 0.1) is 6.10 Å². The maximum atomic E-state index is 13.1. The van der Waals surface area contributed by atoms with Gasteiger partial charge in [0.25, 0.3) is 0 Å². The van der Waals surface area contributed by atoms with Crippen LogP contribution in [0.4, 0.5) is 10.2 Å². The van der Waals surface area contributed by atoms with Crippen molar-refractivity contribution in [3.8, 4) is 11.7 Å². The molecule has 28 heavy (non-hydrogen) atoms. The summed E-state index contributed by atoms with van der Waals surface area (Å²) in [6, 6.07) is 12.0. The Morgan fingerprint density at radius 1 is 1.11 bits per heavy atom. The topological polar surface area (TPSA) is 80.7 Å². The Bertz CT molecular complexity index is 1090. The molecule has 0 unspecified atom stereocenters. The molecule has 0 saturated heterocycles. The van der Waals surface area contributed by atoms with Gasteiger partial charge in [0, 0.05) is 12.1 Å². The van der Waals surface area contributed by atoms with Crippen LogP contribution >= 0.6 is 0 Å². The number of aromatic nitrogens is 5. The van der Waals surface area contributed by atoms with Gasteiger partial charge in [-0.15, -0.1) is 0 Å². The number of nitrogens with zero attached hydrogens (tertiary/aromatic N) is 4. The van der Waals surface area contributed by atoms with Crippen LogP contribution in [0.15, 0.2) is 48.8 Å². The zero-order valence-electron chi connectivity index (χ0n) is 15.8. The fraction of sp³-hybridized carbons (Fsp3) is 0.250. The summed E-state index contributed by atoms with van der Waals surface area (Å²) < 4.78 is 20.6. The predicted molar refractivity (Wildman–Crippen MR) is 105 cm³/mol. The molecule has 0 bridgehead atoms. The minimum absolute atomic E-state index is 0.0293. The second-order valence-electron chi connectivity index (χ2n) is 6.83. The number of H-pyrrole nitrogens is 1.